The Morgan fingerprint density at radius 3 is 2.96 bits per heavy atom. The molecule has 1 aromatic heterocycles. The second-order valence-electron chi connectivity index (χ2n) is 6.10. The van der Waals surface area contributed by atoms with E-state index in [0.29, 0.717) is 31.8 Å². The van der Waals surface area contributed by atoms with Gasteiger partial charge in [-0.2, -0.15) is 0 Å². The average Bonchev–Trinajstić information content (AvgIpc) is 3.31. The summed E-state index contributed by atoms with van der Waals surface area (Å²) in [5.74, 6) is -0.278. The Morgan fingerprint density at radius 2 is 2.28 bits per heavy atom. The molecular weight excluding hydrogens is 346 g/mol. The van der Waals surface area contributed by atoms with Gasteiger partial charge in [0.05, 0.1) is 18.6 Å². The van der Waals surface area contributed by atoms with Crippen molar-refractivity contribution >= 4 is 29.5 Å². The van der Waals surface area contributed by atoms with Crippen molar-refractivity contribution in [3.63, 3.8) is 0 Å². The minimum Gasteiger partial charge on any atom is -0.465 e. The maximum Gasteiger partial charge on any atom is 0.319 e. The zero-order valence-electron chi connectivity index (χ0n) is 14.0. The number of ether oxygens (including phenoxy) is 1. The first-order chi connectivity index (χ1) is 12.1. The molecule has 9 nitrogen and oxygen atoms in total. The van der Waals surface area contributed by atoms with Gasteiger partial charge >= 0.3 is 5.97 Å². The quantitative estimate of drug-likeness (QED) is 0.681. The molecule has 3 rings (SSSR count). The molecule has 2 amide bonds. The lowest BCUT2D eigenvalue weighted by atomic mass is 10.2. The molecule has 1 aromatic rings. The van der Waals surface area contributed by atoms with Crippen LogP contribution in [0, 0.1) is 0 Å². The number of likely N-dealkylation sites (tertiary alicyclic amines) is 1. The third-order valence-corrected chi connectivity index (χ3v) is 5.67. The Hall–Kier alpha value is -2.10. The highest BCUT2D eigenvalue weighted by molar-refractivity contribution is 8.01. The van der Waals surface area contributed by atoms with Crippen LogP contribution in [0.25, 0.3) is 0 Å². The van der Waals surface area contributed by atoms with Crippen molar-refractivity contribution in [3.05, 3.63) is 11.9 Å². The molecular formula is C15H21N5O4S. The third-order valence-electron chi connectivity index (χ3n) is 4.41. The van der Waals surface area contributed by atoms with Gasteiger partial charge in [0.15, 0.2) is 0 Å². The Bertz CT molecular complexity index is 664. The topological polar surface area (TPSA) is 106 Å². The highest BCUT2D eigenvalue weighted by atomic mass is 32.2. The van der Waals surface area contributed by atoms with E-state index in [2.05, 4.69) is 15.6 Å². The second-order valence-corrected chi connectivity index (χ2v) is 7.29. The minimum atomic E-state index is -0.243. The van der Waals surface area contributed by atoms with Gasteiger partial charge in [-0.3, -0.25) is 14.4 Å². The number of carbonyl (C=O) groups is 3. The third kappa shape index (κ3) is 4.12. The standard InChI is InChI=1S/C15H21N5O4S/c1-19-11(8-17-18-19)14(22)20-5-2-3-10(20)7-16-13(21)9-25-12-4-6-24-15(12)23/h8,10,12H,2-7,9H2,1H3,(H,16,21)/t10-,12?/m1/s1. The van der Waals surface area contributed by atoms with Crippen LogP contribution in [0.2, 0.25) is 0 Å². The Balaban J connectivity index is 1.47. The van der Waals surface area contributed by atoms with Crippen molar-refractivity contribution in [1.82, 2.24) is 25.2 Å². The van der Waals surface area contributed by atoms with E-state index in [1.54, 1.807) is 11.9 Å². The molecule has 0 spiro atoms. The van der Waals surface area contributed by atoms with Gasteiger partial charge in [0.25, 0.3) is 5.91 Å². The number of esters is 1. The highest BCUT2D eigenvalue weighted by Crippen LogP contribution is 2.22. The number of carbonyl (C=O) groups excluding carboxylic acids is 3. The fourth-order valence-electron chi connectivity index (χ4n) is 3.03. The molecule has 2 aliphatic rings. The average molecular weight is 367 g/mol. The summed E-state index contributed by atoms with van der Waals surface area (Å²) in [6.07, 6.45) is 3.85. The maximum atomic E-state index is 12.6. The van der Waals surface area contributed by atoms with E-state index in [1.807, 2.05) is 0 Å². The Labute approximate surface area is 149 Å². The predicted octanol–water partition coefficient (Wildman–Crippen LogP) is -0.415. The number of aryl methyl sites for hydroxylation is 1. The van der Waals surface area contributed by atoms with Crippen molar-refractivity contribution < 1.29 is 19.1 Å². The van der Waals surface area contributed by atoms with Crippen LogP contribution in [0.15, 0.2) is 6.20 Å². The van der Waals surface area contributed by atoms with Crippen molar-refractivity contribution in [2.24, 2.45) is 7.05 Å². The first kappa shape index (κ1) is 17.7. The molecule has 1 N–H and O–H groups in total. The summed E-state index contributed by atoms with van der Waals surface area (Å²) >= 11 is 1.30. The molecule has 10 heteroatoms. The Morgan fingerprint density at radius 1 is 1.44 bits per heavy atom. The summed E-state index contributed by atoms with van der Waals surface area (Å²) < 4.78 is 6.33. The zero-order valence-corrected chi connectivity index (χ0v) is 14.8. The van der Waals surface area contributed by atoms with Gasteiger partial charge in [0.2, 0.25) is 5.91 Å². The van der Waals surface area contributed by atoms with Crippen LogP contribution in [-0.4, -0.2) is 74.4 Å². The van der Waals surface area contributed by atoms with Crippen molar-refractivity contribution in [2.45, 2.75) is 30.6 Å². The molecule has 0 saturated carbocycles. The fourth-order valence-corrected chi connectivity index (χ4v) is 3.96. The molecule has 0 radical (unpaired) electrons. The first-order valence-corrected chi connectivity index (χ1v) is 9.31. The summed E-state index contributed by atoms with van der Waals surface area (Å²) in [4.78, 5) is 37.7. The number of cyclic esters (lactones) is 1. The summed E-state index contributed by atoms with van der Waals surface area (Å²) in [6, 6.07) is -0.0344. The summed E-state index contributed by atoms with van der Waals surface area (Å²) in [6.45, 7) is 1.50. The molecule has 2 saturated heterocycles. The number of hydrogen-bond donors (Lipinski definition) is 1. The number of amides is 2. The maximum absolute atomic E-state index is 12.6. The van der Waals surface area contributed by atoms with E-state index >= 15 is 0 Å². The molecule has 0 aromatic carbocycles. The molecule has 3 heterocycles. The van der Waals surface area contributed by atoms with Gasteiger partial charge in [-0.25, -0.2) is 4.68 Å². The van der Waals surface area contributed by atoms with Gasteiger partial charge in [-0.15, -0.1) is 16.9 Å². The second kappa shape index (κ2) is 7.85. The number of thioether (sulfide) groups is 1. The summed E-state index contributed by atoms with van der Waals surface area (Å²) in [5, 5.41) is 10.1. The van der Waals surface area contributed by atoms with Gasteiger partial charge in [-0.05, 0) is 12.8 Å². The van der Waals surface area contributed by atoms with E-state index in [-0.39, 0.29) is 34.8 Å². The Kier molecular flexibility index (Phi) is 5.57. The van der Waals surface area contributed by atoms with Crippen LogP contribution in [0.5, 0.6) is 0 Å². The normalized spacial score (nSPS) is 22.9. The number of aromatic nitrogens is 3. The van der Waals surface area contributed by atoms with Crippen molar-refractivity contribution in [2.75, 3.05) is 25.4 Å². The number of nitrogens with one attached hydrogen (secondary N) is 1. The van der Waals surface area contributed by atoms with Crippen LogP contribution in [0.1, 0.15) is 29.8 Å². The molecule has 2 aliphatic heterocycles. The first-order valence-electron chi connectivity index (χ1n) is 8.27. The van der Waals surface area contributed by atoms with Gasteiger partial charge < -0.3 is 15.0 Å². The lowest BCUT2D eigenvalue weighted by Crippen LogP contribution is -2.44. The van der Waals surface area contributed by atoms with Crippen LogP contribution in [0.4, 0.5) is 0 Å². The molecule has 2 fully saturated rings. The number of hydrogen-bond acceptors (Lipinski definition) is 7. The van der Waals surface area contributed by atoms with Crippen LogP contribution in [0.3, 0.4) is 0 Å². The van der Waals surface area contributed by atoms with E-state index in [4.69, 9.17) is 4.74 Å². The number of nitrogens with zero attached hydrogens (tertiary/aromatic N) is 4. The lowest BCUT2D eigenvalue weighted by molar-refractivity contribution is -0.137. The smallest absolute Gasteiger partial charge is 0.319 e. The van der Waals surface area contributed by atoms with Crippen LogP contribution < -0.4 is 5.32 Å². The molecule has 0 bridgehead atoms. The van der Waals surface area contributed by atoms with E-state index in [1.165, 1.54) is 22.6 Å². The highest BCUT2D eigenvalue weighted by Gasteiger charge is 2.31. The fraction of sp³-hybridized carbons (Fsp3) is 0.667. The molecule has 136 valence electrons. The molecule has 1 unspecified atom stereocenters. The number of rotatable bonds is 6. The largest absolute Gasteiger partial charge is 0.465 e. The summed E-state index contributed by atoms with van der Waals surface area (Å²) in [7, 11) is 1.68. The lowest BCUT2D eigenvalue weighted by Gasteiger charge is -2.24. The van der Waals surface area contributed by atoms with Gasteiger partial charge in [-0.1, -0.05) is 5.21 Å². The zero-order chi connectivity index (χ0) is 17.8. The van der Waals surface area contributed by atoms with E-state index in [0.717, 1.165) is 12.8 Å². The molecule has 2 atom stereocenters. The van der Waals surface area contributed by atoms with E-state index in [9.17, 15) is 14.4 Å². The molecule has 0 aliphatic carbocycles. The molecule has 25 heavy (non-hydrogen) atoms. The van der Waals surface area contributed by atoms with Gasteiger partial charge in [0, 0.05) is 32.6 Å². The monoisotopic (exact) mass is 367 g/mol. The summed E-state index contributed by atoms with van der Waals surface area (Å²) in [5.41, 5.74) is 0.438. The minimum absolute atomic E-state index is 0.0344. The van der Waals surface area contributed by atoms with E-state index < -0.39 is 0 Å². The van der Waals surface area contributed by atoms with Crippen molar-refractivity contribution in [3.8, 4) is 0 Å². The van der Waals surface area contributed by atoms with Crippen LogP contribution in [-0.2, 0) is 21.4 Å². The SMILES string of the molecule is Cn1nncc1C(=O)N1CCC[C@@H]1CNC(=O)CSC1CCOC1=O. The van der Waals surface area contributed by atoms with Gasteiger partial charge in [0.1, 0.15) is 10.9 Å². The predicted molar refractivity (Wildman–Crippen MR) is 89.9 cm³/mol. The van der Waals surface area contributed by atoms with Crippen LogP contribution >= 0.6 is 11.8 Å². The van der Waals surface area contributed by atoms with Crippen molar-refractivity contribution in [1.29, 1.82) is 0 Å².